The van der Waals surface area contributed by atoms with Crippen molar-refractivity contribution >= 4 is 11.1 Å². The molecule has 1 aromatic carbocycles. The lowest BCUT2D eigenvalue weighted by atomic mass is 9.92. The van der Waals surface area contributed by atoms with Crippen LogP contribution in [0.1, 0.15) is 47.7 Å². The number of methoxy groups -OCH3 is 2. The van der Waals surface area contributed by atoms with Crippen molar-refractivity contribution < 1.29 is 22.8 Å². The molecule has 30 heavy (non-hydrogen) atoms. The summed E-state index contributed by atoms with van der Waals surface area (Å²) in [6, 6.07) is 7.31. The molecule has 3 aromatic rings. The Balaban J connectivity index is 1.57. The second kappa shape index (κ2) is 8.55. The van der Waals surface area contributed by atoms with Crippen LogP contribution in [0.3, 0.4) is 0 Å². The normalized spacial score (nSPS) is 17.6. The number of hydrogen-bond acceptors (Lipinski definition) is 6. The number of hydrogen-bond donors (Lipinski definition) is 0. The molecule has 0 aliphatic carbocycles. The molecule has 1 aliphatic heterocycles. The number of fused-ring (bicyclic) bond motifs is 1. The number of piperidine rings is 1. The molecule has 1 fully saturated rings. The average Bonchev–Trinajstić information content (AvgIpc) is 3.14. The van der Waals surface area contributed by atoms with Crippen LogP contribution in [-0.2, 0) is 6.54 Å². The van der Waals surface area contributed by atoms with E-state index in [1.54, 1.807) is 21.1 Å². The third-order valence-corrected chi connectivity index (χ3v) is 5.71. The minimum atomic E-state index is -2.60. The van der Waals surface area contributed by atoms with Crippen molar-refractivity contribution in [2.45, 2.75) is 38.7 Å². The molecule has 1 atom stereocenters. The van der Waals surface area contributed by atoms with Crippen LogP contribution in [0.4, 0.5) is 8.78 Å². The third-order valence-electron chi connectivity index (χ3n) is 5.71. The molecule has 2 aromatic heterocycles. The zero-order chi connectivity index (χ0) is 21.3. The van der Waals surface area contributed by atoms with Gasteiger partial charge in [-0.05, 0) is 38.4 Å². The number of benzene rings is 1. The lowest BCUT2D eigenvalue weighted by Crippen LogP contribution is -2.34. The Morgan fingerprint density at radius 1 is 1.23 bits per heavy atom. The molecule has 0 bridgehead atoms. The SMILES string of the molecule is COc1ccc(CN2CCC[C@H](c3cc(C(F)F)c4c(C)noc4n3)C2)c(OC)c1. The number of aryl methyl sites for hydroxylation is 1. The molecule has 0 radical (unpaired) electrons. The molecule has 8 heteroatoms. The van der Waals surface area contributed by atoms with Crippen LogP contribution in [-0.4, -0.2) is 42.3 Å². The second-order valence-electron chi connectivity index (χ2n) is 7.64. The molecule has 6 nitrogen and oxygen atoms in total. The minimum Gasteiger partial charge on any atom is -0.497 e. The van der Waals surface area contributed by atoms with E-state index in [1.165, 1.54) is 6.07 Å². The van der Waals surface area contributed by atoms with Crippen molar-refractivity contribution in [1.29, 1.82) is 0 Å². The first-order valence-corrected chi connectivity index (χ1v) is 9.98. The van der Waals surface area contributed by atoms with E-state index in [4.69, 9.17) is 14.0 Å². The second-order valence-corrected chi connectivity index (χ2v) is 7.64. The van der Waals surface area contributed by atoms with E-state index in [0.29, 0.717) is 23.3 Å². The zero-order valence-electron chi connectivity index (χ0n) is 17.3. The quantitative estimate of drug-likeness (QED) is 0.571. The van der Waals surface area contributed by atoms with Gasteiger partial charge in [0.15, 0.2) is 0 Å². The highest BCUT2D eigenvalue weighted by molar-refractivity contribution is 5.80. The van der Waals surface area contributed by atoms with Gasteiger partial charge in [-0.3, -0.25) is 4.90 Å². The number of halogens is 2. The van der Waals surface area contributed by atoms with Gasteiger partial charge in [0.1, 0.15) is 11.5 Å². The first-order chi connectivity index (χ1) is 14.5. The maximum atomic E-state index is 13.7. The third kappa shape index (κ3) is 3.96. The summed E-state index contributed by atoms with van der Waals surface area (Å²) < 4.78 is 43.3. The van der Waals surface area contributed by atoms with Gasteiger partial charge in [-0.15, -0.1) is 0 Å². The van der Waals surface area contributed by atoms with Crippen LogP contribution < -0.4 is 9.47 Å². The van der Waals surface area contributed by atoms with E-state index in [0.717, 1.165) is 43.0 Å². The lowest BCUT2D eigenvalue weighted by Gasteiger charge is -2.33. The Morgan fingerprint density at radius 3 is 2.80 bits per heavy atom. The van der Waals surface area contributed by atoms with Crippen molar-refractivity contribution in [3.63, 3.8) is 0 Å². The van der Waals surface area contributed by atoms with Crippen molar-refractivity contribution in [3.05, 3.63) is 46.8 Å². The molecule has 1 saturated heterocycles. The molecule has 0 saturated carbocycles. The summed E-state index contributed by atoms with van der Waals surface area (Å²) in [5.41, 5.74) is 2.27. The van der Waals surface area contributed by atoms with Crippen LogP contribution in [0, 0.1) is 6.92 Å². The zero-order valence-corrected chi connectivity index (χ0v) is 17.3. The molecule has 4 rings (SSSR count). The van der Waals surface area contributed by atoms with Gasteiger partial charge >= 0.3 is 0 Å². The van der Waals surface area contributed by atoms with Crippen molar-refractivity contribution in [2.24, 2.45) is 0 Å². The Bertz CT molecular complexity index is 1040. The Morgan fingerprint density at radius 2 is 2.07 bits per heavy atom. The molecular formula is C22H25F2N3O3. The van der Waals surface area contributed by atoms with Gasteiger partial charge < -0.3 is 14.0 Å². The molecule has 0 amide bonds. The topological polar surface area (TPSA) is 60.6 Å². The first kappa shape index (κ1) is 20.5. The molecule has 0 unspecified atom stereocenters. The van der Waals surface area contributed by atoms with E-state index in [2.05, 4.69) is 15.0 Å². The lowest BCUT2D eigenvalue weighted by molar-refractivity contribution is 0.152. The van der Waals surface area contributed by atoms with E-state index >= 15 is 0 Å². The minimum absolute atomic E-state index is 0.0512. The Kier molecular flexibility index (Phi) is 5.85. The van der Waals surface area contributed by atoms with Crippen molar-refractivity contribution in [1.82, 2.24) is 15.0 Å². The number of alkyl halides is 2. The average molecular weight is 417 g/mol. The summed E-state index contributed by atoms with van der Waals surface area (Å²) in [6.45, 7) is 4.01. The van der Waals surface area contributed by atoms with Gasteiger partial charge in [-0.1, -0.05) is 11.2 Å². The first-order valence-electron chi connectivity index (χ1n) is 9.98. The van der Waals surface area contributed by atoms with Crippen LogP contribution in [0.2, 0.25) is 0 Å². The maximum Gasteiger partial charge on any atom is 0.264 e. The highest BCUT2D eigenvalue weighted by Crippen LogP contribution is 2.35. The summed E-state index contributed by atoms with van der Waals surface area (Å²) >= 11 is 0. The number of pyridine rings is 1. The standard InChI is InChI=1S/C22H25F2N3O3/c1-13-20-17(21(23)24)10-18(25-22(20)30-26-13)14-5-4-8-27(11-14)12-15-6-7-16(28-2)9-19(15)29-3/h6-7,9-10,14,21H,4-5,8,11-12H2,1-3H3/t14-/m0/s1. The summed E-state index contributed by atoms with van der Waals surface area (Å²) in [5.74, 6) is 1.56. The van der Waals surface area contributed by atoms with Crippen molar-refractivity contribution in [2.75, 3.05) is 27.3 Å². The smallest absolute Gasteiger partial charge is 0.264 e. The summed E-state index contributed by atoms with van der Waals surface area (Å²) in [5, 5.41) is 4.15. The highest BCUT2D eigenvalue weighted by Gasteiger charge is 2.27. The largest absolute Gasteiger partial charge is 0.497 e. The number of likely N-dealkylation sites (tertiary alicyclic amines) is 1. The Labute approximate surface area is 173 Å². The number of rotatable bonds is 6. The van der Waals surface area contributed by atoms with E-state index in [1.807, 2.05) is 18.2 Å². The van der Waals surface area contributed by atoms with Gasteiger partial charge in [-0.2, -0.15) is 0 Å². The van der Waals surface area contributed by atoms with Gasteiger partial charge in [0.25, 0.3) is 12.1 Å². The van der Waals surface area contributed by atoms with Crippen LogP contribution >= 0.6 is 0 Å². The van der Waals surface area contributed by atoms with Crippen LogP contribution in [0.5, 0.6) is 11.5 Å². The van der Waals surface area contributed by atoms with E-state index < -0.39 is 6.43 Å². The van der Waals surface area contributed by atoms with E-state index in [9.17, 15) is 8.78 Å². The van der Waals surface area contributed by atoms with Gasteiger partial charge in [-0.25, -0.2) is 13.8 Å². The van der Waals surface area contributed by atoms with Gasteiger partial charge in [0.2, 0.25) is 0 Å². The molecule has 1 aliphatic rings. The van der Waals surface area contributed by atoms with Crippen LogP contribution in [0.25, 0.3) is 11.1 Å². The highest BCUT2D eigenvalue weighted by atomic mass is 19.3. The number of nitrogens with zero attached hydrogens (tertiary/aromatic N) is 3. The summed E-state index contributed by atoms with van der Waals surface area (Å²) in [4.78, 5) is 6.83. The molecule has 0 spiro atoms. The number of ether oxygens (including phenoxy) is 2. The fourth-order valence-electron chi connectivity index (χ4n) is 4.19. The van der Waals surface area contributed by atoms with Crippen molar-refractivity contribution in [3.8, 4) is 11.5 Å². The van der Waals surface area contributed by atoms with Crippen LogP contribution in [0.15, 0.2) is 28.8 Å². The van der Waals surface area contributed by atoms with E-state index in [-0.39, 0.29) is 17.2 Å². The predicted octanol–water partition coefficient (Wildman–Crippen LogP) is 4.87. The fraction of sp³-hybridized carbons (Fsp3) is 0.455. The summed E-state index contributed by atoms with van der Waals surface area (Å²) in [6.07, 6.45) is -0.747. The fourth-order valence-corrected chi connectivity index (χ4v) is 4.19. The predicted molar refractivity (Wildman–Crippen MR) is 108 cm³/mol. The number of aromatic nitrogens is 2. The molecule has 3 heterocycles. The molecular weight excluding hydrogens is 392 g/mol. The van der Waals surface area contributed by atoms with Gasteiger partial charge in [0, 0.05) is 41.9 Å². The Hall–Kier alpha value is -2.74. The monoisotopic (exact) mass is 417 g/mol. The summed E-state index contributed by atoms with van der Waals surface area (Å²) in [7, 11) is 3.26. The van der Waals surface area contributed by atoms with Gasteiger partial charge in [0.05, 0.1) is 25.3 Å². The maximum absolute atomic E-state index is 13.7. The molecule has 0 N–H and O–H groups in total. The molecule has 160 valence electrons.